The normalized spacial score (nSPS) is 18.9. The van der Waals surface area contributed by atoms with E-state index in [2.05, 4.69) is 32.0 Å². The van der Waals surface area contributed by atoms with Gasteiger partial charge in [-0.15, -0.1) is 0 Å². The van der Waals surface area contributed by atoms with E-state index in [1.165, 1.54) is 17.5 Å². The number of benzene rings is 1. The predicted molar refractivity (Wildman–Crippen MR) is 87.3 cm³/mol. The molecule has 0 aromatic heterocycles. The lowest BCUT2D eigenvalue weighted by Gasteiger charge is -2.20. The topological polar surface area (TPSA) is 37.3 Å². The Labute approximate surface area is 127 Å². The molecule has 1 aliphatic carbocycles. The third-order valence-corrected chi connectivity index (χ3v) is 4.72. The molecular formula is C19H26O2. The van der Waals surface area contributed by atoms with Crippen LogP contribution in [0.1, 0.15) is 57.2 Å². The van der Waals surface area contributed by atoms with E-state index in [-0.39, 0.29) is 17.9 Å². The number of aldehydes is 1. The lowest BCUT2D eigenvalue weighted by atomic mass is 9.85. The molecule has 1 aromatic carbocycles. The Hall–Kier alpha value is -1.41. The molecule has 0 saturated heterocycles. The molecule has 21 heavy (non-hydrogen) atoms. The maximum Gasteiger partial charge on any atom is 0.146 e. The van der Waals surface area contributed by atoms with Gasteiger partial charge in [0.25, 0.3) is 0 Å². The van der Waals surface area contributed by atoms with Crippen molar-refractivity contribution in [3.63, 3.8) is 0 Å². The second-order valence-corrected chi connectivity index (χ2v) is 7.03. The van der Waals surface area contributed by atoms with Gasteiger partial charge < -0.3 is 5.11 Å². The van der Waals surface area contributed by atoms with Crippen LogP contribution in [-0.2, 0) is 16.6 Å². The molecule has 1 unspecified atom stereocenters. The van der Waals surface area contributed by atoms with Gasteiger partial charge in [0, 0.05) is 6.61 Å². The first-order chi connectivity index (χ1) is 9.89. The average molecular weight is 286 g/mol. The Morgan fingerprint density at radius 3 is 2.76 bits per heavy atom. The Morgan fingerprint density at radius 2 is 2.14 bits per heavy atom. The Kier molecular flexibility index (Phi) is 4.67. The van der Waals surface area contributed by atoms with Crippen LogP contribution in [-0.4, -0.2) is 18.0 Å². The number of fused-ring (bicyclic) bond motifs is 1. The molecular weight excluding hydrogens is 260 g/mol. The zero-order chi connectivity index (χ0) is 15.6. The molecule has 0 amide bonds. The van der Waals surface area contributed by atoms with Crippen molar-refractivity contribution >= 4 is 11.9 Å². The smallest absolute Gasteiger partial charge is 0.146 e. The summed E-state index contributed by atoms with van der Waals surface area (Å²) in [6.07, 6.45) is 3.96. The number of aliphatic hydroxyl groups excluding tert-OH is 1. The van der Waals surface area contributed by atoms with Crippen molar-refractivity contribution in [1.82, 2.24) is 0 Å². The summed E-state index contributed by atoms with van der Waals surface area (Å²) in [4.78, 5) is 11.2. The van der Waals surface area contributed by atoms with Crippen molar-refractivity contribution in [3.05, 3.63) is 40.5 Å². The number of hydrogen-bond acceptors (Lipinski definition) is 2. The van der Waals surface area contributed by atoms with Crippen LogP contribution in [0.4, 0.5) is 0 Å². The van der Waals surface area contributed by atoms with Gasteiger partial charge in [0.15, 0.2) is 0 Å². The van der Waals surface area contributed by atoms with E-state index in [1.54, 1.807) is 0 Å². The highest BCUT2D eigenvalue weighted by Crippen LogP contribution is 2.40. The molecule has 114 valence electrons. The fourth-order valence-corrected chi connectivity index (χ4v) is 3.22. The monoisotopic (exact) mass is 286 g/mol. The quantitative estimate of drug-likeness (QED) is 0.658. The lowest BCUT2D eigenvalue weighted by molar-refractivity contribution is -0.104. The number of aryl methyl sites for hydroxylation is 1. The maximum absolute atomic E-state index is 11.2. The van der Waals surface area contributed by atoms with Gasteiger partial charge in [-0.1, -0.05) is 39.0 Å². The molecule has 1 aliphatic rings. The first kappa shape index (κ1) is 16.0. The number of carbonyl (C=O) groups is 1. The molecule has 1 atom stereocenters. The first-order valence-corrected chi connectivity index (χ1v) is 7.78. The highest BCUT2D eigenvalue weighted by Gasteiger charge is 2.29. The van der Waals surface area contributed by atoms with E-state index in [0.717, 1.165) is 35.8 Å². The first-order valence-electron chi connectivity index (χ1n) is 7.78. The van der Waals surface area contributed by atoms with Gasteiger partial charge >= 0.3 is 0 Å². The van der Waals surface area contributed by atoms with Crippen molar-refractivity contribution < 1.29 is 9.90 Å². The summed E-state index contributed by atoms with van der Waals surface area (Å²) >= 11 is 0. The summed E-state index contributed by atoms with van der Waals surface area (Å²) in [5, 5.41) is 9.30. The standard InChI is InChI=1S/C19H26O2/c1-13(11-20)9-17(14(2)12-21)15-5-6-18-16(10-15)7-8-19(18,3)4/h5-6,10,12-13,20H,7-9,11H2,1-4H3/b17-14+. The molecule has 0 radical (unpaired) electrons. The van der Waals surface area contributed by atoms with E-state index in [0.29, 0.717) is 0 Å². The number of rotatable bonds is 5. The summed E-state index contributed by atoms with van der Waals surface area (Å²) in [6.45, 7) is 8.60. The number of allylic oxidation sites excluding steroid dienone is 2. The third-order valence-electron chi connectivity index (χ3n) is 4.72. The van der Waals surface area contributed by atoms with Crippen LogP contribution in [0.2, 0.25) is 0 Å². The van der Waals surface area contributed by atoms with E-state index in [9.17, 15) is 9.90 Å². The second kappa shape index (κ2) is 6.15. The SMILES string of the molecule is C/C(C=O)=C(/CC(C)CO)c1ccc2c(c1)CCC2(C)C. The summed E-state index contributed by atoms with van der Waals surface area (Å²) in [6, 6.07) is 6.61. The predicted octanol–water partition coefficient (Wildman–Crippen LogP) is 3.90. The molecule has 2 nitrogen and oxygen atoms in total. The van der Waals surface area contributed by atoms with Crippen LogP contribution >= 0.6 is 0 Å². The van der Waals surface area contributed by atoms with E-state index in [1.807, 2.05) is 13.8 Å². The van der Waals surface area contributed by atoms with Crippen LogP contribution in [0.3, 0.4) is 0 Å². The van der Waals surface area contributed by atoms with Gasteiger partial charge in [0.2, 0.25) is 0 Å². The zero-order valence-electron chi connectivity index (χ0n) is 13.6. The molecule has 0 spiro atoms. The van der Waals surface area contributed by atoms with Crippen molar-refractivity contribution in [1.29, 1.82) is 0 Å². The van der Waals surface area contributed by atoms with Crippen molar-refractivity contribution in [3.8, 4) is 0 Å². The van der Waals surface area contributed by atoms with Crippen LogP contribution in [0, 0.1) is 5.92 Å². The zero-order valence-corrected chi connectivity index (χ0v) is 13.6. The molecule has 2 heteroatoms. The van der Waals surface area contributed by atoms with E-state index in [4.69, 9.17) is 0 Å². The summed E-state index contributed by atoms with van der Waals surface area (Å²) < 4.78 is 0. The molecule has 0 fully saturated rings. The van der Waals surface area contributed by atoms with Crippen molar-refractivity contribution in [2.75, 3.05) is 6.61 Å². The number of aliphatic hydroxyl groups is 1. The summed E-state index contributed by atoms with van der Waals surface area (Å²) in [5.74, 6) is 0.166. The minimum absolute atomic E-state index is 0.146. The number of carbonyl (C=O) groups excluding carboxylic acids is 1. The van der Waals surface area contributed by atoms with Gasteiger partial charge in [0.05, 0.1) is 0 Å². The molecule has 0 aliphatic heterocycles. The Balaban J connectivity index is 2.41. The van der Waals surface area contributed by atoms with Crippen LogP contribution in [0.15, 0.2) is 23.8 Å². The minimum Gasteiger partial charge on any atom is -0.396 e. The lowest BCUT2D eigenvalue weighted by Crippen LogP contribution is -2.11. The highest BCUT2D eigenvalue weighted by molar-refractivity contribution is 5.87. The summed E-state index contributed by atoms with van der Waals surface area (Å²) in [7, 11) is 0. The fraction of sp³-hybridized carbons (Fsp3) is 0.526. The molecule has 0 heterocycles. The average Bonchev–Trinajstić information content (AvgIpc) is 2.78. The fourth-order valence-electron chi connectivity index (χ4n) is 3.22. The minimum atomic E-state index is 0.146. The van der Waals surface area contributed by atoms with Gasteiger partial charge in [0.1, 0.15) is 6.29 Å². The van der Waals surface area contributed by atoms with Crippen molar-refractivity contribution in [2.45, 2.75) is 52.4 Å². The Morgan fingerprint density at radius 1 is 1.43 bits per heavy atom. The van der Waals surface area contributed by atoms with E-state index >= 15 is 0 Å². The molecule has 1 aromatic rings. The molecule has 2 rings (SSSR count). The second-order valence-electron chi connectivity index (χ2n) is 7.03. The van der Waals surface area contributed by atoms with Crippen LogP contribution in [0.5, 0.6) is 0 Å². The number of hydrogen-bond donors (Lipinski definition) is 1. The summed E-state index contributed by atoms with van der Waals surface area (Å²) in [5.41, 5.74) is 6.08. The molecule has 0 bridgehead atoms. The van der Waals surface area contributed by atoms with E-state index < -0.39 is 0 Å². The molecule has 0 saturated carbocycles. The van der Waals surface area contributed by atoms with Gasteiger partial charge in [-0.3, -0.25) is 4.79 Å². The maximum atomic E-state index is 11.2. The van der Waals surface area contributed by atoms with Gasteiger partial charge in [-0.05, 0) is 65.4 Å². The van der Waals surface area contributed by atoms with Gasteiger partial charge in [-0.2, -0.15) is 0 Å². The van der Waals surface area contributed by atoms with Crippen LogP contribution in [0.25, 0.3) is 5.57 Å². The third kappa shape index (κ3) is 3.26. The molecule has 1 N–H and O–H groups in total. The van der Waals surface area contributed by atoms with Crippen molar-refractivity contribution in [2.24, 2.45) is 5.92 Å². The highest BCUT2D eigenvalue weighted by atomic mass is 16.3. The Bertz CT molecular complexity index is 567. The van der Waals surface area contributed by atoms with Gasteiger partial charge in [-0.25, -0.2) is 0 Å². The largest absolute Gasteiger partial charge is 0.396 e. The van der Waals surface area contributed by atoms with Crippen LogP contribution < -0.4 is 0 Å².